The van der Waals surface area contributed by atoms with Gasteiger partial charge in [0, 0.05) is 29.4 Å². The van der Waals surface area contributed by atoms with Crippen LogP contribution < -0.4 is 4.74 Å². The Bertz CT molecular complexity index is 974. The third-order valence-electron chi connectivity index (χ3n) is 4.45. The minimum Gasteiger partial charge on any atom is -0.487 e. The first-order valence-electron chi connectivity index (χ1n) is 8.83. The molecule has 1 aliphatic heterocycles. The molecule has 1 aliphatic rings. The number of thiazole rings is 1. The Balaban J connectivity index is 1.36. The van der Waals surface area contributed by atoms with Gasteiger partial charge in [0.05, 0.1) is 10.7 Å². The second kappa shape index (κ2) is 8.06. The van der Waals surface area contributed by atoms with Gasteiger partial charge in [-0.3, -0.25) is 4.79 Å². The highest BCUT2D eigenvalue weighted by atomic mass is 32.1. The van der Waals surface area contributed by atoms with Crippen molar-refractivity contribution in [1.82, 2.24) is 9.88 Å². The first-order valence-corrected chi connectivity index (χ1v) is 10.6. The number of carbonyl (C=O) groups is 1. The molecule has 4 nitrogen and oxygen atoms in total. The Labute approximate surface area is 166 Å². The molecule has 0 aliphatic carbocycles. The molecule has 1 amide bonds. The van der Waals surface area contributed by atoms with Crippen LogP contribution in [0.3, 0.4) is 0 Å². The quantitative estimate of drug-likeness (QED) is 0.588. The summed E-state index contributed by atoms with van der Waals surface area (Å²) in [4.78, 5) is 20.2. The number of nitrogens with zero attached hydrogens (tertiary/aromatic N) is 2. The molecule has 1 aromatic carbocycles. The summed E-state index contributed by atoms with van der Waals surface area (Å²) >= 11 is 3.40. The molecule has 0 unspecified atom stereocenters. The zero-order chi connectivity index (χ0) is 18.6. The van der Waals surface area contributed by atoms with Crippen LogP contribution in [0.5, 0.6) is 5.75 Å². The minimum atomic E-state index is 0.0520. The summed E-state index contributed by atoms with van der Waals surface area (Å²) in [5.74, 6) is 0.826. The SMILES string of the molecule is Cc1nc(COc2cccc(/C=C/C(=O)N3CCc4sccc4C3)c2)cs1. The van der Waals surface area contributed by atoms with Crippen LogP contribution in [0.15, 0.2) is 47.2 Å². The lowest BCUT2D eigenvalue weighted by atomic mass is 10.1. The van der Waals surface area contributed by atoms with Gasteiger partial charge in [0.15, 0.2) is 0 Å². The molecule has 138 valence electrons. The highest BCUT2D eigenvalue weighted by Gasteiger charge is 2.19. The molecule has 3 aromatic rings. The summed E-state index contributed by atoms with van der Waals surface area (Å²) in [7, 11) is 0. The molecule has 6 heteroatoms. The van der Waals surface area contributed by atoms with Crippen LogP contribution in [-0.2, 0) is 24.4 Å². The third-order valence-corrected chi connectivity index (χ3v) is 6.29. The molecule has 3 heterocycles. The highest BCUT2D eigenvalue weighted by molar-refractivity contribution is 7.10. The molecular weight excluding hydrogens is 376 g/mol. The van der Waals surface area contributed by atoms with E-state index < -0.39 is 0 Å². The lowest BCUT2D eigenvalue weighted by molar-refractivity contribution is -0.126. The molecule has 0 fully saturated rings. The average molecular weight is 397 g/mol. The Kier molecular flexibility index (Phi) is 5.36. The number of amides is 1. The number of hydrogen-bond donors (Lipinski definition) is 0. The summed E-state index contributed by atoms with van der Waals surface area (Å²) in [5.41, 5.74) is 3.16. The fourth-order valence-corrected chi connectivity index (χ4v) is 4.54. The predicted octanol–water partition coefficient (Wildman–Crippen LogP) is 4.69. The van der Waals surface area contributed by atoms with E-state index in [-0.39, 0.29) is 5.91 Å². The number of thiophene rings is 1. The van der Waals surface area contributed by atoms with Crippen LogP contribution in [0.1, 0.15) is 26.7 Å². The van der Waals surface area contributed by atoms with Crippen molar-refractivity contribution in [3.05, 3.63) is 73.9 Å². The summed E-state index contributed by atoms with van der Waals surface area (Å²) in [6.45, 7) is 3.93. The summed E-state index contributed by atoms with van der Waals surface area (Å²) < 4.78 is 5.82. The van der Waals surface area contributed by atoms with Gasteiger partial charge in [0.1, 0.15) is 12.4 Å². The van der Waals surface area contributed by atoms with Gasteiger partial charge in [-0.25, -0.2) is 4.98 Å². The third kappa shape index (κ3) is 4.46. The molecule has 2 aromatic heterocycles. The van der Waals surface area contributed by atoms with E-state index >= 15 is 0 Å². The van der Waals surface area contributed by atoms with Gasteiger partial charge < -0.3 is 9.64 Å². The Hall–Kier alpha value is -2.44. The number of hydrogen-bond acceptors (Lipinski definition) is 5. The smallest absolute Gasteiger partial charge is 0.246 e. The van der Waals surface area contributed by atoms with Gasteiger partial charge in [-0.15, -0.1) is 22.7 Å². The maximum Gasteiger partial charge on any atom is 0.246 e. The van der Waals surface area contributed by atoms with Crippen molar-refractivity contribution in [2.45, 2.75) is 26.5 Å². The lowest BCUT2D eigenvalue weighted by Gasteiger charge is -2.25. The second-order valence-electron chi connectivity index (χ2n) is 6.43. The van der Waals surface area contributed by atoms with E-state index in [9.17, 15) is 4.79 Å². The molecule has 27 heavy (non-hydrogen) atoms. The number of rotatable bonds is 5. The van der Waals surface area contributed by atoms with Gasteiger partial charge in [0.25, 0.3) is 0 Å². The Morgan fingerprint density at radius 2 is 2.26 bits per heavy atom. The van der Waals surface area contributed by atoms with Gasteiger partial charge in [-0.1, -0.05) is 12.1 Å². The molecule has 0 spiro atoms. The van der Waals surface area contributed by atoms with Crippen molar-refractivity contribution in [1.29, 1.82) is 0 Å². The number of ether oxygens (including phenoxy) is 1. The fraction of sp³-hybridized carbons (Fsp3) is 0.238. The zero-order valence-corrected chi connectivity index (χ0v) is 16.7. The van der Waals surface area contributed by atoms with Crippen LogP contribution in [-0.4, -0.2) is 22.3 Å². The monoisotopic (exact) mass is 396 g/mol. The van der Waals surface area contributed by atoms with Crippen molar-refractivity contribution in [3.8, 4) is 5.75 Å². The molecule has 0 saturated carbocycles. The molecule has 4 rings (SSSR count). The Morgan fingerprint density at radius 3 is 3.11 bits per heavy atom. The maximum atomic E-state index is 12.5. The summed E-state index contributed by atoms with van der Waals surface area (Å²) in [5, 5.41) is 5.15. The summed E-state index contributed by atoms with van der Waals surface area (Å²) in [6.07, 6.45) is 4.46. The largest absolute Gasteiger partial charge is 0.487 e. The van der Waals surface area contributed by atoms with Crippen molar-refractivity contribution in [3.63, 3.8) is 0 Å². The Morgan fingerprint density at radius 1 is 1.33 bits per heavy atom. The minimum absolute atomic E-state index is 0.0520. The van der Waals surface area contributed by atoms with Crippen LogP contribution >= 0.6 is 22.7 Å². The normalized spacial score (nSPS) is 13.7. The van der Waals surface area contributed by atoms with E-state index in [0.29, 0.717) is 13.2 Å². The first kappa shape index (κ1) is 17.9. The second-order valence-corrected chi connectivity index (χ2v) is 8.49. The van der Waals surface area contributed by atoms with E-state index in [1.165, 1.54) is 10.4 Å². The van der Waals surface area contributed by atoms with Crippen molar-refractivity contribution in [2.75, 3.05) is 6.54 Å². The summed E-state index contributed by atoms with van der Waals surface area (Å²) in [6, 6.07) is 9.88. The van der Waals surface area contributed by atoms with Crippen molar-refractivity contribution in [2.24, 2.45) is 0 Å². The molecular formula is C21H20N2O2S2. The van der Waals surface area contributed by atoms with Crippen molar-refractivity contribution < 1.29 is 9.53 Å². The first-order chi connectivity index (χ1) is 13.2. The molecule has 0 saturated heterocycles. The zero-order valence-electron chi connectivity index (χ0n) is 15.1. The average Bonchev–Trinajstić information content (AvgIpc) is 3.32. The molecule has 0 bridgehead atoms. The van der Waals surface area contributed by atoms with Crippen LogP contribution in [0.25, 0.3) is 6.08 Å². The lowest BCUT2D eigenvalue weighted by Crippen LogP contribution is -2.34. The molecule has 0 radical (unpaired) electrons. The van der Waals surface area contributed by atoms with Crippen molar-refractivity contribution >= 4 is 34.7 Å². The number of aromatic nitrogens is 1. The standard InChI is InChI=1S/C21H20N2O2S2/c1-15-22-18(14-27-15)13-25-19-4-2-3-16(11-19)5-6-21(24)23-9-7-20-17(12-23)8-10-26-20/h2-6,8,10-11,14H,7,9,12-13H2,1H3/b6-5+. The van der Waals surface area contributed by atoms with E-state index in [1.807, 2.05) is 47.5 Å². The topological polar surface area (TPSA) is 42.4 Å². The number of aryl methyl sites for hydroxylation is 1. The van der Waals surface area contributed by atoms with E-state index in [1.54, 1.807) is 28.7 Å². The highest BCUT2D eigenvalue weighted by Crippen LogP contribution is 2.24. The van der Waals surface area contributed by atoms with Crippen LogP contribution in [0.4, 0.5) is 0 Å². The van der Waals surface area contributed by atoms with Gasteiger partial charge in [-0.2, -0.15) is 0 Å². The number of benzene rings is 1. The maximum absolute atomic E-state index is 12.5. The van der Waals surface area contributed by atoms with Gasteiger partial charge >= 0.3 is 0 Å². The molecule has 0 N–H and O–H groups in total. The van der Waals surface area contributed by atoms with Gasteiger partial charge in [0.2, 0.25) is 5.91 Å². The van der Waals surface area contributed by atoms with E-state index in [4.69, 9.17) is 4.74 Å². The van der Waals surface area contributed by atoms with E-state index in [2.05, 4.69) is 16.4 Å². The van der Waals surface area contributed by atoms with Crippen LogP contribution in [0.2, 0.25) is 0 Å². The predicted molar refractivity (Wildman–Crippen MR) is 110 cm³/mol. The fourth-order valence-electron chi connectivity index (χ4n) is 3.05. The molecule has 0 atom stereocenters. The van der Waals surface area contributed by atoms with E-state index in [0.717, 1.165) is 35.0 Å². The van der Waals surface area contributed by atoms with Crippen LogP contribution in [0, 0.1) is 6.92 Å². The number of carbonyl (C=O) groups excluding carboxylic acids is 1. The van der Waals surface area contributed by atoms with Gasteiger partial charge in [-0.05, 0) is 54.1 Å². The number of fused-ring (bicyclic) bond motifs is 1.